The van der Waals surface area contributed by atoms with E-state index in [1.165, 1.54) is 0 Å². The summed E-state index contributed by atoms with van der Waals surface area (Å²) in [4.78, 5) is 8.94. The molecule has 0 aliphatic heterocycles. The van der Waals surface area contributed by atoms with Crippen LogP contribution in [0.2, 0.25) is 0 Å². The number of aromatic nitrogens is 3. The van der Waals surface area contributed by atoms with E-state index in [0.717, 1.165) is 16.4 Å². The van der Waals surface area contributed by atoms with Gasteiger partial charge in [0.2, 0.25) is 0 Å². The largest absolute Gasteiger partial charge is 0.388 e. The van der Waals surface area contributed by atoms with Gasteiger partial charge in [0.25, 0.3) is 0 Å². The van der Waals surface area contributed by atoms with Crippen molar-refractivity contribution in [2.75, 3.05) is 18.9 Å². The Bertz CT molecular complexity index is 870. The van der Waals surface area contributed by atoms with Gasteiger partial charge in [0.1, 0.15) is 5.52 Å². The van der Waals surface area contributed by atoms with E-state index in [1.807, 2.05) is 49.6 Å². The molecule has 0 saturated carbocycles. The molecule has 0 bridgehead atoms. The Morgan fingerprint density at radius 3 is 2.64 bits per heavy atom. The molecule has 134 valence electrons. The van der Waals surface area contributed by atoms with E-state index in [2.05, 4.69) is 9.97 Å². The van der Waals surface area contributed by atoms with Gasteiger partial charge >= 0.3 is 0 Å². The van der Waals surface area contributed by atoms with E-state index in [1.54, 1.807) is 6.33 Å². The lowest BCUT2D eigenvalue weighted by Crippen LogP contribution is -2.41. The molecule has 2 aromatic heterocycles. The van der Waals surface area contributed by atoms with E-state index < -0.39 is 5.60 Å². The summed E-state index contributed by atoms with van der Waals surface area (Å²) in [6.07, 6.45) is 2.99. The number of pyridine rings is 1. The maximum atomic E-state index is 11.2. The fraction of sp³-hybridized carbons (Fsp3) is 0.474. The summed E-state index contributed by atoms with van der Waals surface area (Å²) < 4.78 is 7.72. The molecular formula is C19H26N4O2. The van der Waals surface area contributed by atoms with Gasteiger partial charge in [0.15, 0.2) is 5.82 Å². The highest BCUT2D eigenvalue weighted by atomic mass is 16.5. The van der Waals surface area contributed by atoms with E-state index >= 15 is 0 Å². The van der Waals surface area contributed by atoms with Crippen LogP contribution in [0.5, 0.6) is 0 Å². The minimum Gasteiger partial charge on any atom is -0.388 e. The number of hydrogen-bond acceptors (Lipinski definition) is 5. The molecule has 0 amide bonds. The number of aliphatic hydroxyl groups is 1. The SMILES string of the molecule is CCOCC(n1cnc2c(N)nc3ccccc3c21)C(O)(CC)CC. The van der Waals surface area contributed by atoms with Gasteiger partial charge in [0.05, 0.1) is 35.6 Å². The number of benzene rings is 1. The van der Waals surface area contributed by atoms with Gasteiger partial charge in [-0.2, -0.15) is 0 Å². The third-order valence-electron chi connectivity index (χ3n) is 5.10. The first-order valence-electron chi connectivity index (χ1n) is 8.86. The lowest BCUT2D eigenvalue weighted by molar-refractivity contribution is -0.0503. The number of hydrogen-bond donors (Lipinski definition) is 2. The molecule has 0 radical (unpaired) electrons. The quantitative estimate of drug-likeness (QED) is 0.688. The Balaban J connectivity index is 2.27. The van der Waals surface area contributed by atoms with E-state index in [4.69, 9.17) is 10.5 Å². The molecule has 6 nitrogen and oxygen atoms in total. The molecule has 0 spiro atoms. The van der Waals surface area contributed by atoms with Crippen LogP contribution in [0.4, 0.5) is 5.82 Å². The molecule has 25 heavy (non-hydrogen) atoms. The predicted molar refractivity (Wildman–Crippen MR) is 101 cm³/mol. The van der Waals surface area contributed by atoms with Gasteiger partial charge in [-0.15, -0.1) is 0 Å². The second-order valence-corrected chi connectivity index (χ2v) is 6.35. The molecule has 1 atom stereocenters. The Kier molecular flexibility index (Phi) is 4.92. The second kappa shape index (κ2) is 6.98. The zero-order chi connectivity index (χ0) is 18.0. The highest BCUT2D eigenvalue weighted by Crippen LogP contribution is 2.35. The van der Waals surface area contributed by atoms with Crippen LogP contribution in [0.15, 0.2) is 30.6 Å². The number of fused-ring (bicyclic) bond motifs is 3. The number of nitrogens with zero attached hydrogens (tertiary/aromatic N) is 3. The van der Waals surface area contributed by atoms with Gasteiger partial charge in [-0.1, -0.05) is 32.0 Å². The van der Waals surface area contributed by atoms with Gasteiger partial charge in [-0.25, -0.2) is 9.97 Å². The molecule has 0 fully saturated rings. The number of anilines is 1. The van der Waals surface area contributed by atoms with Crippen LogP contribution >= 0.6 is 0 Å². The molecule has 0 aliphatic carbocycles. The van der Waals surface area contributed by atoms with Crippen molar-refractivity contribution < 1.29 is 9.84 Å². The highest BCUT2D eigenvalue weighted by molar-refractivity contribution is 6.06. The zero-order valence-corrected chi connectivity index (χ0v) is 15.1. The van der Waals surface area contributed by atoms with Crippen LogP contribution in [0.1, 0.15) is 39.7 Å². The van der Waals surface area contributed by atoms with Crippen molar-refractivity contribution in [2.24, 2.45) is 0 Å². The van der Waals surface area contributed by atoms with Crippen LogP contribution in [-0.2, 0) is 4.74 Å². The lowest BCUT2D eigenvalue weighted by atomic mass is 9.88. The van der Waals surface area contributed by atoms with Gasteiger partial charge in [-0.3, -0.25) is 0 Å². The summed E-state index contributed by atoms with van der Waals surface area (Å²) in [5.41, 5.74) is 7.62. The number of imidazole rings is 1. The monoisotopic (exact) mass is 342 g/mol. The Morgan fingerprint density at radius 1 is 1.24 bits per heavy atom. The van der Waals surface area contributed by atoms with Crippen LogP contribution in [0.25, 0.3) is 21.9 Å². The molecular weight excluding hydrogens is 316 g/mol. The average molecular weight is 342 g/mol. The third-order valence-corrected chi connectivity index (χ3v) is 5.10. The van der Waals surface area contributed by atoms with Crippen molar-refractivity contribution in [3.8, 4) is 0 Å². The van der Waals surface area contributed by atoms with Crippen molar-refractivity contribution in [2.45, 2.75) is 45.3 Å². The number of nitrogens with two attached hydrogens (primary N) is 1. The number of nitrogen functional groups attached to an aromatic ring is 1. The summed E-state index contributed by atoms with van der Waals surface area (Å²) in [7, 11) is 0. The maximum absolute atomic E-state index is 11.2. The Labute approximate surface area is 147 Å². The topological polar surface area (TPSA) is 86.2 Å². The highest BCUT2D eigenvalue weighted by Gasteiger charge is 2.36. The molecule has 0 saturated heterocycles. The van der Waals surface area contributed by atoms with Crippen LogP contribution in [0, 0.1) is 0 Å². The van der Waals surface area contributed by atoms with Gasteiger partial charge in [-0.05, 0) is 25.8 Å². The second-order valence-electron chi connectivity index (χ2n) is 6.35. The number of rotatable bonds is 7. The van der Waals surface area contributed by atoms with Crippen LogP contribution in [0.3, 0.4) is 0 Å². The normalized spacial score (nSPS) is 13.6. The summed E-state index contributed by atoms with van der Waals surface area (Å²) >= 11 is 0. The minimum atomic E-state index is -0.887. The first-order chi connectivity index (χ1) is 12.1. The van der Waals surface area contributed by atoms with Crippen molar-refractivity contribution in [3.63, 3.8) is 0 Å². The van der Waals surface area contributed by atoms with E-state index in [9.17, 15) is 5.11 Å². The Morgan fingerprint density at radius 2 is 1.96 bits per heavy atom. The summed E-state index contributed by atoms with van der Waals surface area (Å²) in [6.45, 7) is 6.95. The zero-order valence-electron chi connectivity index (χ0n) is 15.1. The number of ether oxygens (including phenoxy) is 1. The molecule has 1 unspecified atom stereocenters. The molecule has 6 heteroatoms. The van der Waals surface area contributed by atoms with Crippen molar-refractivity contribution >= 4 is 27.8 Å². The van der Waals surface area contributed by atoms with Crippen molar-refractivity contribution in [1.82, 2.24) is 14.5 Å². The summed E-state index contributed by atoms with van der Waals surface area (Å²) in [5, 5.41) is 12.2. The van der Waals surface area contributed by atoms with Crippen LogP contribution < -0.4 is 5.73 Å². The van der Waals surface area contributed by atoms with Crippen LogP contribution in [-0.4, -0.2) is 38.5 Å². The maximum Gasteiger partial charge on any atom is 0.152 e. The molecule has 3 rings (SSSR count). The lowest BCUT2D eigenvalue weighted by Gasteiger charge is -2.36. The molecule has 1 aromatic carbocycles. The molecule has 2 heterocycles. The third kappa shape index (κ3) is 2.96. The molecule has 0 aliphatic rings. The Hall–Kier alpha value is -2.18. The smallest absolute Gasteiger partial charge is 0.152 e. The minimum absolute atomic E-state index is 0.252. The van der Waals surface area contributed by atoms with E-state index in [-0.39, 0.29) is 6.04 Å². The molecule has 3 aromatic rings. The van der Waals surface area contributed by atoms with Gasteiger partial charge < -0.3 is 20.1 Å². The summed E-state index contributed by atoms with van der Waals surface area (Å²) in [6, 6.07) is 7.61. The average Bonchev–Trinajstić information content (AvgIpc) is 3.07. The fourth-order valence-electron chi connectivity index (χ4n) is 3.45. The van der Waals surface area contributed by atoms with Crippen molar-refractivity contribution in [1.29, 1.82) is 0 Å². The standard InChI is InChI=1S/C19H26N4O2/c1-4-19(24,5-2)15(11-25-6-3)23-12-21-16-17(23)13-9-7-8-10-14(13)22-18(16)20/h7-10,12,15,24H,4-6,11H2,1-3H3,(H2,20,22). The fourth-order valence-corrected chi connectivity index (χ4v) is 3.45. The van der Waals surface area contributed by atoms with Crippen molar-refractivity contribution in [3.05, 3.63) is 30.6 Å². The summed E-state index contributed by atoms with van der Waals surface area (Å²) in [5.74, 6) is 0.402. The van der Waals surface area contributed by atoms with E-state index in [0.29, 0.717) is 37.4 Å². The predicted octanol–water partition coefficient (Wildman–Crippen LogP) is 3.30. The first kappa shape index (κ1) is 17.6. The first-order valence-corrected chi connectivity index (χ1v) is 8.86. The van der Waals surface area contributed by atoms with Gasteiger partial charge in [0, 0.05) is 12.0 Å². The number of para-hydroxylation sites is 1. The molecule has 3 N–H and O–H groups in total.